The summed E-state index contributed by atoms with van der Waals surface area (Å²) in [7, 11) is 0. The van der Waals surface area contributed by atoms with Crippen molar-refractivity contribution in [1.82, 2.24) is 10.6 Å². The van der Waals surface area contributed by atoms with Crippen LogP contribution in [0.25, 0.3) is 0 Å². The van der Waals surface area contributed by atoms with Gasteiger partial charge in [-0.3, -0.25) is 4.79 Å². The first kappa shape index (κ1) is 13.7. The second kappa shape index (κ2) is 6.45. The summed E-state index contributed by atoms with van der Waals surface area (Å²) in [6.45, 7) is 4.31. The lowest BCUT2D eigenvalue weighted by atomic mass is 10.1. The van der Waals surface area contributed by atoms with E-state index in [1.54, 1.807) is 6.26 Å². The summed E-state index contributed by atoms with van der Waals surface area (Å²) in [4.78, 5) is 14.5. The molecule has 0 saturated carbocycles. The molecule has 21 heavy (non-hydrogen) atoms. The fourth-order valence-corrected chi connectivity index (χ4v) is 2.45. The first-order chi connectivity index (χ1) is 10.3. The molecule has 1 aliphatic heterocycles. The third-order valence-corrected chi connectivity index (χ3v) is 3.59. The molecule has 0 bridgehead atoms. The zero-order valence-corrected chi connectivity index (χ0v) is 11.8. The number of benzene rings is 1. The van der Waals surface area contributed by atoms with E-state index >= 15 is 0 Å². The Bertz CT molecular complexity index is 589. The molecule has 5 heteroatoms. The van der Waals surface area contributed by atoms with E-state index in [2.05, 4.69) is 21.6 Å². The minimum absolute atomic E-state index is 0.0802. The van der Waals surface area contributed by atoms with Crippen LogP contribution in [-0.4, -0.2) is 32.1 Å². The van der Waals surface area contributed by atoms with Gasteiger partial charge in [-0.25, -0.2) is 0 Å². The lowest BCUT2D eigenvalue weighted by Gasteiger charge is -2.29. The number of hydrogen-bond donors (Lipinski definition) is 2. The van der Waals surface area contributed by atoms with E-state index in [0.717, 1.165) is 37.6 Å². The molecular weight excluding hydrogens is 266 g/mol. The molecule has 1 aliphatic rings. The van der Waals surface area contributed by atoms with Gasteiger partial charge in [0.15, 0.2) is 0 Å². The average Bonchev–Trinajstić information content (AvgIpc) is 3.07. The van der Waals surface area contributed by atoms with Crippen molar-refractivity contribution >= 4 is 11.6 Å². The van der Waals surface area contributed by atoms with Gasteiger partial charge in [-0.05, 0) is 30.3 Å². The van der Waals surface area contributed by atoms with Crippen molar-refractivity contribution in [2.24, 2.45) is 0 Å². The van der Waals surface area contributed by atoms with Gasteiger partial charge in [-0.1, -0.05) is 6.07 Å². The Morgan fingerprint density at radius 1 is 1.24 bits per heavy atom. The van der Waals surface area contributed by atoms with Crippen LogP contribution in [0.3, 0.4) is 0 Å². The molecule has 0 aliphatic carbocycles. The molecule has 5 nitrogen and oxygen atoms in total. The maximum absolute atomic E-state index is 12.2. The number of nitrogens with zero attached hydrogens (tertiary/aromatic N) is 1. The van der Waals surface area contributed by atoms with Crippen molar-refractivity contribution in [3.05, 3.63) is 54.0 Å². The first-order valence-electron chi connectivity index (χ1n) is 7.19. The highest BCUT2D eigenvalue weighted by Crippen LogP contribution is 2.16. The van der Waals surface area contributed by atoms with E-state index in [-0.39, 0.29) is 5.91 Å². The highest BCUT2D eigenvalue weighted by Gasteiger charge is 2.12. The molecule has 1 amide bonds. The van der Waals surface area contributed by atoms with Crippen LogP contribution < -0.4 is 15.5 Å². The van der Waals surface area contributed by atoms with Crippen molar-refractivity contribution in [2.45, 2.75) is 6.54 Å². The normalized spacial score (nSPS) is 15.0. The molecule has 2 N–H and O–H groups in total. The Labute approximate surface area is 123 Å². The summed E-state index contributed by atoms with van der Waals surface area (Å²) in [5, 5.41) is 6.19. The van der Waals surface area contributed by atoms with E-state index in [4.69, 9.17) is 4.42 Å². The quantitative estimate of drug-likeness (QED) is 0.896. The van der Waals surface area contributed by atoms with Crippen molar-refractivity contribution in [3.63, 3.8) is 0 Å². The molecule has 0 unspecified atom stereocenters. The Morgan fingerprint density at radius 3 is 2.86 bits per heavy atom. The van der Waals surface area contributed by atoms with Crippen LogP contribution in [0.15, 0.2) is 47.1 Å². The van der Waals surface area contributed by atoms with Gasteiger partial charge >= 0.3 is 0 Å². The van der Waals surface area contributed by atoms with Gasteiger partial charge in [0.25, 0.3) is 5.91 Å². The van der Waals surface area contributed by atoms with Crippen molar-refractivity contribution in [2.75, 3.05) is 31.1 Å². The van der Waals surface area contributed by atoms with Crippen LogP contribution in [-0.2, 0) is 6.54 Å². The van der Waals surface area contributed by atoms with Crippen LogP contribution in [0, 0.1) is 0 Å². The van der Waals surface area contributed by atoms with Gasteiger partial charge < -0.3 is 20.0 Å². The topological polar surface area (TPSA) is 57.5 Å². The van der Waals surface area contributed by atoms with Gasteiger partial charge in [0.05, 0.1) is 12.8 Å². The lowest BCUT2D eigenvalue weighted by Crippen LogP contribution is -2.43. The molecule has 110 valence electrons. The van der Waals surface area contributed by atoms with Crippen LogP contribution in [0.4, 0.5) is 5.69 Å². The number of carbonyl (C=O) groups is 1. The first-order valence-corrected chi connectivity index (χ1v) is 7.19. The zero-order valence-electron chi connectivity index (χ0n) is 11.8. The average molecular weight is 285 g/mol. The van der Waals surface area contributed by atoms with Crippen molar-refractivity contribution in [1.29, 1.82) is 0 Å². The fraction of sp³-hybridized carbons (Fsp3) is 0.312. The summed E-state index contributed by atoms with van der Waals surface area (Å²) >= 11 is 0. The van der Waals surface area contributed by atoms with Crippen molar-refractivity contribution in [3.8, 4) is 0 Å². The van der Waals surface area contributed by atoms with Crippen LogP contribution >= 0.6 is 0 Å². The van der Waals surface area contributed by atoms with E-state index < -0.39 is 0 Å². The molecule has 3 rings (SSSR count). The second-order valence-corrected chi connectivity index (χ2v) is 5.05. The largest absolute Gasteiger partial charge is 0.467 e. The third-order valence-electron chi connectivity index (χ3n) is 3.59. The van der Waals surface area contributed by atoms with E-state index in [0.29, 0.717) is 12.1 Å². The minimum Gasteiger partial charge on any atom is -0.467 e. The van der Waals surface area contributed by atoms with Crippen LogP contribution in [0.1, 0.15) is 16.1 Å². The van der Waals surface area contributed by atoms with Gasteiger partial charge in [0.1, 0.15) is 5.76 Å². The minimum atomic E-state index is -0.0802. The molecule has 0 radical (unpaired) electrons. The number of nitrogens with one attached hydrogen (secondary N) is 2. The molecule has 1 fully saturated rings. The number of carbonyl (C=O) groups excluding carboxylic acids is 1. The van der Waals surface area contributed by atoms with Crippen molar-refractivity contribution < 1.29 is 9.21 Å². The molecule has 2 aromatic rings. The maximum Gasteiger partial charge on any atom is 0.251 e. The number of amides is 1. The number of furan rings is 1. The summed E-state index contributed by atoms with van der Waals surface area (Å²) in [6, 6.07) is 11.4. The maximum atomic E-state index is 12.2. The van der Waals surface area contributed by atoms with Gasteiger partial charge in [-0.15, -0.1) is 0 Å². The van der Waals surface area contributed by atoms with Gasteiger partial charge in [0.2, 0.25) is 0 Å². The number of hydrogen-bond acceptors (Lipinski definition) is 4. The molecular formula is C16H19N3O2. The standard InChI is InChI=1S/C16H19N3O2/c20-16(18-12-15-5-2-10-21-15)13-3-1-4-14(11-13)19-8-6-17-7-9-19/h1-5,10-11,17H,6-9,12H2,(H,18,20). The van der Waals surface area contributed by atoms with Gasteiger partial charge in [0, 0.05) is 37.4 Å². The molecule has 1 aromatic heterocycles. The fourth-order valence-electron chi connectivity index (χ4n) is 2.45. The Kier molecular flexibility index (Phi) is 4.21. The van der Waals surface area contributed by atoms with Crippen LogP contribution in [0.5, 0.6) is 0 Å². The Morgan fingerprint density at radius 2 is 2.10 bits per heavy atom. The number of rotatable bonds is 4. The lowest BCUT2D eigenvalue weighted by molar-refractivity contribution is 0.0948. The highest BCUT2D eigenvalue weighted by molar-refractivity contribution is 5.95. The number of piperazine rings is 1. The molecule has 0 spiro atoms. The summed E-state index contributed by atoms with van der Waals surface area (Å²) in [5.74, 6) is 0.671. The van der Waals surface area contributed by atoms with Gasteiger partial charge in [-0.2, -0.15) is 0 Å². The smallest absolute Gasteiger partial charge is 0.251 e. The van der Waals surface area contributed by atoms with Crippen LogP contribution in [0.2, 0.25) is 0 Å². The highest BCUT2D eigenvalue weighted by atomic mass is 16.3. The monoisotopic (exact) mass is 285 g/mol. The summed E-state index contributed by atoms with van der Waals surface area (Å²) < 4.78 is 5.21. The second-order valence-electron chi connectivity index (χ2n) is 5.05. The third kappa shape index (κ3) is 3.44. The molecule has 0 atom stereocenters. The predicted molar refractivity (Wildman–Crippen MR) is 81.4 cm³/mol. The van der Waals surface area contributed by atoms with E-state index in [1.807, 2.05) is 30.3 Å². The van der Waals surface area contributed by atoms with E-state index in [1.165, 1.54) is 0 Å². The summed E-state index contributed by atoms with van der Waals surface area (Å²) in [5.41, 5.74) is 1.78. The summed E-state index contributed by atoms with van der Waals surface area (Å²) in [6.07, 6.45) is 1.60. The Balaban J connectivity index is 1.65. The molecule has 2 heterocycles. The molecule has 1 saturated heterocycles. The molecule has 1 aromatic carbocycles. The van der Waals surface area contributed by atoms with E-state index in [9.17, 15) is 4.79 Å². The zero-order chi connectivity index (χ0) is 14.5. The Hall–Kier alpha value is -2.27. The SMILES string of the molecule is O=C(NCc1ccco1)c1cccc(N2CCNCC2)c1. The number of anilines is 1. The predicted octanol–water partition coefficient (Wildman–Crippen LogP) is 1.62.